The number of ether oxygens (including phenoxy) is 1. The highest BCUT2D eigenvalue weighted by Crippen LogP contribution is 2.27. The Balaban J connectivity index is 1.35. The number of aryl methyl sites for hydroxylation is 1. The van der Waals surface area contributed by atoms with Crippen LogP contribution in [0.5, 0.6) is 5.75 Å². The lowest BCUT2D eigenvalue weighted by Crippen LogP contribution is -3.29. The van der Waals surface area contributed by atoms with Crippen LogP contribution >= 0.6 is 0 Å². The number of amides is 1. The number of para-hydroxylation sites is 1. The third kappa shape index (κ3) is 4.16. The third-order valence-electron chi connectivity index (χ3n) is 6.61. The number of nitrogens with zero attached hydrogens (tertiary/aromatic N) is 1. The van der Waals surface area contributed by atoms with Crippen molar-refractivity contribution in [2.75, 3.05) is 44.7 Å². The minimum atomic E-state index is 0.0104. The van der Waals surface area contributed by atoms with Gasteiger partial charge in [-0.1, -0.05) is 29.8 Å². The van der Waals surface area contributed by atoms with E-state index in [1.165, 1.54) is 21.6 Å². The number of hydrogen-bond donors (Lipinski definition) is 2. The third-order valence-corrected chi connectivity index (χ3v) is 6.61. The fourth-order valence-corrected chi connectivity index (χ4v) is 4.82. The van der Waals surface area contributed by atoms with Crippen molar-refractivity contribution in [1.82, 2.24) is 0 Å². The van der Waals surface area contributed by atoms with Crippen molar-refractivity contribution in [3.63, 3.8) is 0 Å². The van der Waals surface area contributed by atoms with Gasteiger partial charge in [0.15, 0.2) is 6.04 Å². The summed E-state index contributed by atoms with van der Waals surface area (Å²) in [6, 6.07) is 14.7. The molecule has 1 amide bonds. The van der Waals surface area contributed by atoms with Gasteiger partial charge in [-0.05, 0) is 44.0 Å². The fraction of sp³-hybridized carbons (Fsp3) is 0.458. The summed E-state index contributed by atoms with van der Waals surface area (Å²) in [5.74, 6) is 1.25. The maximum atomic E-state index is 13.2. The molecule has 5 heteroatoms. The molecule has 0 aliphatic carbocycles. The van der Waals surface area contributed by atoms with Crippen LogP contribution in [0, 0.1) is 6.92 Å². The molecule has 5 nitrogen and oxygen atoms in total. The van der Waals surface area contributed by atoms with Gasteiger partial charge in [0.2, 0.25) is 0 Å². The van der Waals surface area contributed by atoms with E-state index in [0.717, 1.165) is 57.1 Å². The van der Waals surface area contributed by atoms with Gasteiger partial charge in [-0.3, -0.25) is 4.79 Å². The van der Waals surface area contributed by atoms with Gasteiger partial charge in [-0.15, -0.1) is 0 Å². The molecule has 2 aromatic rings. The Labute approximate surface area is 173 Å². The number of benzene rings is 2. The second-order valence-corrected chi connectivity index (χ2v) is 8.49. The van der Waals surface area contributed by atoms with Crippen molar-refractivity contribution in [3.05, 3.63) is 59.2 Å². The van der Waals surface area contributed by atoms with Gasteiger partial charge in [0.1, 0.15) is 38.5 Å². The number of carbonyl (C=O) groups is 1. The summed E-state index contributed by atoms with van der Waals surface area (Å²) in [7, 11) is 1.75. The second kappa shape index (κ2) is 8.56. The van der Waals surface area contributed by atoms with Crippen LogP contribution in [0.4, 0.5) is 5.69 Å². The first-order valence-electron chi connectivity index (χ1n) is 10.8. The Morgan fingerprint density at radius 2 is 1.90 bits per heavy atom. The molecule has 0 saturated carbocycles. The highest BCUT2D eigenvalue weighted by molar-refractivity contribution is 5.97. The number of piperazine rings is 1. The van der Waals surface area contributed by atoms with Crippen LogP contribution < -0.4 is 19.4 Å². The van der Waals surface area contributed by atoms with Gasteiger partial charge in [0, 0.05) is 17.8 Å². The highest BCUT2D eigenvalue weighted by Gasteiger charge is 2.36. The summed E-state index contributed by atoms with van der Waals surface area (Å²) in [5, 5.41) is 0. The van der Waals surface area contributed by atoms with E-state index < -0.39 is 0 Å². The van der Waals surface area contributed by atoms with Crippen LogP contribution in [-0.2, 0) is 17.8 Å². The first kappa shape index (κ1) is 19.9. The average molecular weight is 396 g/mol. The van der Waals surface area contributed by atoms with Crippen molar-refractivity contribution < 1.29 is 19.3 Å². The number of fused-ring (bicyclic) bond motifs is 1. The van der Waals surface area contributed by atoms with Gasteiger partial charge >= 0.3 is 0 Å². The van der Waals surface area contributed by atoms with Crippen molar-refractivity contribution in [2.24, 2.45) is 0 Å². The molecule has 1 fully saturated rings. The summed E-state index contributed by atoms with van der Waals surface area (Å²) in [4.78, 5) is 18.2. The molecule has 2 aliphatic heterocycles. The Morgan fingerprint density at radius 1 is 1.14 bits per heavy atom. The van der Waals surface area contributed by atoms with Gasteiger partial charge in [-0.2, -0.15) is 0 Å². The predicted molar refractivity (Wildman–Crippen MR) is 115 cm³/mol. The number of rotatable bonds is 5. The summed E-state index contributed by atoms with van der Waals surface area (Å²) in [6.07, 6.45) is 0.972. The summed E-state index contributed by atoms with van der Waals surface area (Å²) in [5.41, 5.74) is 4.96. The molecule has 2 N–H and O–H groups in total. The molecule has 2 aromatic carbocycles. The Morgan fingerprint density at radius 3 is 2.66 bits per heavy atom. The summed E-state index contributed by atoms with van der Waals surface area (Å²) in [6.45, 7) is 10.3. The molecule has 4 rings (SSSR count). The Kier molecular flexibility index (Phi) is 5.88. The molecule has 2 heterocycles. The minimum Gasteiger partial charge on any atom is -0.496 e. The molecule has 0 unspecified atom stereocenters. The molecule has 154 valence electrons. The maximum Gasteiger partial charge on any atom is 0.284 e. The first-order valence-corrected chi connectivity index (χ1v) is 10.8. The normalized spacial score (nSPS) is 22.2. The summed E-state index contributed by atoms with van der Waals surface area (Å²) >= 11 is 0. The van der Waals surface area contributed by atoms with E-state index >= 15 is 0 Å². The molecule has 0 bridgehead atoms. The molecule has 0 radical (unpaired) electrons. The van der Waals surface area contributed by atoms with Gasteiger partial charge < -0.3 is 19.4 Å². The molecule has 29 heavy (non-hydrogen) atoms. The SMILES string of the molecule is COc1ccc(C)cc1C[NH+]1CC[NH+]([C@@H](C)C(=O)N2CCc3ccccc32)CC1. The van der Waals surface area contributed by atoms with Gasteiger partial charge in [0.05, 0.1) is 7.11 Å². The van der Waals surface area contributed by atoms with Crippen molar-refractivity contribution >= 4 is 11.6 Å². The van der Waals surface area contributed by atoms with Crippen molar-refractivity contribution in [2.45, 2.75) is 32.9 Å². The van der Waals surface area contributed by atoms with E-state index in [4.69, 9.17) is 4.74 Å². The standard InChI is InChI=1S/C24H31N3O2/c1-18-8-9-23(29-3)21(16-18)17-25-12-14-26(15-13-25)19(2)24(28)27-11-10-20-6-4-5-7-22(20)27/h4-9,16,19H,10-15,17H2,1-3H3/p+2/t19-/m0/s1. The van der Waals surface area contributed by atoms with E-state index in [2.05, 4.69) is 50.2 Å². The van der Waals surface area contributed by atoms with Crippen LogP contribution in [0.15, 0.2) is 42.5 Å². The van der Waals surface area contributed by atoms with Crippen LogP contribution in [0.25, 0.3) is 0 Å². The van der Waals surface area contributed by atoms with Gasteiger partial charge in [-0.25, -0.2) is 0 Å². The van der Waals surface area contributed by atoms with Crippen molar-refractivity contribution in [3.8, 4) is 5.75 Å². The number of hydrogen-bond acceptors (Lipinski definition) is 2. The molecular formula is C24H33N3O2+2. The molecule has 0 aromatic heterocycles. The van der Waals surface area contributed by atoms with E-state index in [-0.39, 0.29) is 11.9 Å². The number of anilines is 1. The first-order chi connectivity index (χ1) is 14.1. The Bertz CT molecular complexity index is 874. The van der Waals surface area contributed by atoms with Crippen LogP contribution in [-0.4, -0.2) is 51.8 Å². The number of quaternary nitrogens is 2. The number of carbonyl (C=O) groups excluding carboxylic acids is 1. The molecule has 1 saturated heterocycles. The fourth-order valence-electron chi connectivity index (χ4n) is 4.82. The number of nitrogens with one attached hydrogen (secondary N) is 2. The molecule has 0 spiro atoms. The smallest absolute Gasteiger partial charge is 0.284 e. The average Bonchev–Trinajstić information content (AvgIpc) is 3.17. The van der Waals surface area contributed by atoms with Crippen LogP contribution in [0.2, 0.25) is 0 Å². The zero-order valence-corrected chi connectivity index (χ0v) is 17.8. The Hall–Kier alpha value is -2.37. The van der Waals surface area contributed by atoms with E-state index in [9.17, 15) is 4.79 Å². The lowest BCUT2D eigenvalue weighted by Gasteiger charge is -2.34. The molecular weight excluding hydrogens is 362 g/mol. The zero-order chi connectivity index (χ0) is 20.4. The van der Waals surface area contributed by atoms with Crippen LogP contribution in [0.1, 0.15) is 23.6 Å². The monoisotopic (exact) mass is 395 g/mol. The lowest BCUT2D eigenvalue weighted by molar-refractivity contribution is -1.02. The van der Waals surface area contributed by atoms with E-state index in [1.807, 2.05) is 11.0 Å². The van der Waals surface area contributed by atoms with E-state index in [1.54, 1.807) is 12.0 Å². The van der Waals surface area contributed by atoms with Crippen LogP contribution in [0.3, 0.4) is 0 Å². The molecule has 1 atom stereocenters. The maximum absolute atomic E-state index is 13.2. The number of methoxy groups -OCH3 is 1. The summed E-state index contributed by atoms with van der Waals surface area (Å²) < 4.78 is 5.55. The predicted octanol–water partition coefficient (Wildman–Crippen LogP) is 0.265. The minimum absolute atomic E-state index is 0.0104. The zero-order valence-electron chi connectivity index (χ0n) is 17.8. The largest absolute Gasteiger partial charge is 0.496 e. The van der Waals surface area contributed by atoms with E-state index in [0.29, 0.717) is 0 Å². The highest BCUT2D eigenvalue weighted by atomic mass is 16.5. The molecule has 2 aliphatic rings. The quantitative estimate of drug-likeness (QED) is 0.763. The second-order valence-electron chi connectivity index (χ2n) is 8.49. The lowest BCUT2D eigenvalue weighted by atomic mass is 10.1. The topological polar surface area (TPSA) is 38.4 Å². The van der Waals surface area contributed by atoms with Crippen molar-refractivity contribution in [1.29, 1.82) is 0 Å². The van der Waals surface area contributed by atoms with Gasteiger partial charge in [0.25, 0.3) is 5.91 Å².